The second-order valence-corrected chi connectivity index (χ2v) is 9.32. The number of rotatable bonds is 6. The van der Waals surface area contributed by atoms with E-state index in [2.05, 4.69) is 25.8 Å². The van der Waals surface area contributed by atoms with Crippen molar-refractivity contribution in [1.29, 1.82) is 0 Å². The Morgan fingerprint density at radius 3 is 2.84 bits per heavy atom. The highest BCUT2D eigenvalue weighted by atomic mass is 16.6. The van der Waals surface area contributed by atoms with E-state index in [4.69, 9.17) is 18.9 Å². The molecule has 2 saturated heterocycles. The molecule has 0 N–H and O–H groups in total. The fraction of sp³-hybridized carbons (Fsp3) is 0.370. The first kappa shape index (κ1) is 23.4. The van der Waals surface area contributed by atoms with Gasteiger partial charge in [-0.15, -0.1) is 0 Å². The molecule has 10 nitrogen and oxygen atoms in total. The second-order valence-electron chi connectivity index (χ2n) is 9.32. The molecule has 1 unspecified atom stereocenters. The van der Waals surface area contributed by atoms with Crippen LogP contribution in [0.1, 0.15) is 12.8 Å². The third kappa shape index (κ3) is 4.84. The summed E-state index contributed by atoms with van der Waals surface area (Å²) in [6.45, 7) is 4.36. The molecule has 4 aliphatic rings. The van der Waals surface area contributed by atoms with Crippen LogP contribution >= 0.6 is 0 Å². The first-order valence-corrected chi connectivity index (χ1v) is 12.5. The molecule has 1 aromatic carbocycles. The molecule has 37 heavy (non-hydrogen) atoms. The molecule has 1 aliphatic carbocycles. The zero-order valence-electron chi connectivity index (χ0n) is 20.7. The summed E-state index contributed by atoms with van der Waals surface area (Å²) in [5.41, 5.74) is 1.94. The van der Waals surface area contributed by atoms with Crippen molar-refractivity contribution in [3.05, 3.63) is 72.5 Å². The number of cyclic esters (lactones) is 1. The van der Waals surface area contributed by atoms with Crippen LogP contribution in [0.4, 0.5) is 10.6 Å². The Hall–Kier alpha value is -4.05. The third-order valence-electron chi connectivity index (χ3n) is 6.98. The molecule has 1 aromatic heterocycles. The first-order chi connectivity index (χ1) is 18.2. The van der Waals surface area contributed by atoms with Crippen LogP contribution in [0.2, 0.25) is 0 Å². The van der Waals surface area contributed by atoms with Crippen LogP contribution in [0.25, 0.3) is 10.9 Å². The summed E-state index contributed by atoms with van der Waals surface area (Å²) in [4.78, 5) is 27.7. The third-order valence-corrected chi connectivity index (χ3v) is 6.98. The topological polar surface area (TPSA) is 89.5 Å². The smallest absolute Gasteiger partial charge is 0.417 e. The SMILES string of the molecule is COc1ccc2ncnc(N3CCN(CC4CN(C5=COC=C(C6=CC=CCC6)O5)C(=O)O4)CC3)c2c1. The van der Waals surface area contributed by atoms with Crippen molar-refractivity contribution in [3.63, 3.8) is 0 Å². The number of amides is 1. The molecule has 1 amide bonds. The number of ether oxygens (including phenoxy) is 4. The Morgan fingerprint density at radius 1 is 1.14 bits per heavy atom. The quantitative estimate of drug-likeness (QED) is 0.587. The summed E-state index contributed by atoms with van der Waals surface area (Å²) in [5.74, 6) is 2.68. The number of piperazine rings is 1. The summed E-state index contributed by atoms with van der Waals surface area (Å²) in [6.07, 6.45) is 11.9. The van der Waals surface area contributed by atoms with Crippen LogP contribution < -0.4 is 9.64 Å². The summed E-state index contributed by atoms with van der Waals surface area (Å²) in [7, 11) is 1.66. The minimum Gasteiger partial charge on any atom is -0.497 e. The van der Waals surface area contributed by atoms with Gasteiger partial charge in [-0.1, -0.05) is 18.2 Å². The number of carbonyl (C=O) groups is 1. The molecule has 6 rings (SSSR count). The molecule has 2 fully saturated rings. The van der Waals surface area contributed by atoms with Gasteiger partial charge in [-0.05, 0) is 36.6 Å². The Labute approximate surface area is 215 Å². The fourth-order valence-corrected chi connectivity index (χ4v) is 5.01. The average molecular weight is 504 g/mol. The number of anilines is 1. The van der Waals surface area contributed by atoms with E-state index in [0.717, 1.165) is 67.1 Å². The molecule has 4 heterocycles. The lowest BCUT2D eigenvalue weighted by molar-refractivity contribution is 0.101. The van der Waals surface area contributed by atoms with Crippen LogP contribution in [-0.2, 0) is 14.2 Å². The molecule has 0 radical (unpaired) electrons. The largest absolute Gasteiger partial charge is 0.497 e. The van der Waals surface area contributed by atoms with Crippen LogP contribution in [0.5, 0.6) is 5.75 Å². The van der Waals surface area contributed by atoms with Gasteiger partial charge in [-0.3, -0.25) is 4.90 Å². The van der Waals surface area contributed by atoms with Crippen LogP contribution in [0.3, 0.4) is 0 Å². The van der Waals surface area contributed by atoms with Crippen LogP contribution in [0, 0.1) is 0 Å². The van der Waals surface area contributed by atoms with E-state index >= 15 is 0 Å². The predicted molar refractivity (Wildman–Crippen MR) is 137 cm³/mol. The summed E-state index contributed by atoms with van der Waals surface area (Å²) < 4.78 is 22.6. The van der Waals surface area contributed by atoms with E-state index in [9.17, 15) is 4.79 Å². The lowest BCUT2D eigenvalue weighted by Gasteiger charge is -2.36. The Balaban J connectivity index is 1.05. The lowest BCUT2D eigenvalue weighted by atomic mass is 10.0. The van der Waals surface area contributed by atoms with Crippen molar-refractivity contribution >= 4 is 22.8 Å². The van der Waals surface area contributed by atoms with E-state index < -0.39 is 6.09 Å². The van der Waals surface area contributed by atoms with E-state index in [1.807, 2.05) is 30.4 Å². The average Bonchev–Trinajstić information content (AvgIpc) is 3.33. The van der Waals surface area contributed by atoms with Gasteiger partial charge in [-0.2, -0.15) is 0 Å². The Kier molecular flexibility index (Phi) is 6.40. The highest BCUT2D eigenvalue weighted by Gasteiger charge is 2.37. The van der Waals surface area contributed by atoms with E-state index in [-0.39, 0.29) is 6.10 Å². The molecule has 0 saturated carbocycles. The minimum absolute atomic E-state index is 0.251. The molecule has 0 bridgehead atoms. The number of nitrogens with zero attached hydrogens (tertiary/aromatic N) is 5. The maximum atomic E-state index is 12.7. The van der Waals surface area contributed by atoms with Gasteiger partial charge in [0.15, 0.2) is 12.0 Å². The molecular weight excluding hydrogens is 474 g/mol. The van der Waals surface area contributed by atoms with Crippen LogP contribution in [0.15, 0.2) is 72.5 Å². The van der Waals surface area contributed by atoms with Gasteiger partial charge in [0, 0.05) is 38.1 Å². The normalized spacial score (nSPS) is 22.1. The molecule has 0 spiro atoms. The predicted octanol–water partition coefficient (Wildman–Crippen LogP) is 3.54. The maximum Gasteiger partial charge on any atom is 0.417 e. The van der Waals surface area contributed by atoms with Gasteiger partial charge in [-0.25, -0.2) is 19.7 Å². The number of methoxy groups -OCH3 is 1. The molecular formula is C27H29N5O5. The summed E-state index contributed by atoms with van der Waals surface area (Å²) in [5, 5.41) is 0.979. The van der Waals surface area contributed by atoms with Gasteiger partial charge in [0.25, 0.3) is 0 Å². The number of hydrogen-bond acceptors (Lipinski definition) is 9. The number of allylic oxidation sites excluding steroid dienone is 4. The van der Waals surface area contributed by atoms with Gasteiger partial charge < -0.3 is 23.8 Å². The first-order valence-electron chi connectivity index (χ1n) is 12.5. The van der Waals surface area contributed by atoms with Gasteiger partial charge in [0.05, 0.1) is 19.2 Å². The maximum absolute atomic E-state index is 12.7. The fourth-order valence-electron chi connectivity index (χ4n) is 5.01. The van der Waals surface area contributed by atoms with Crippen molar-refractivity contribution < 1.29 is 23.7 Å². The number of hydrogen-bond donors (Lipinski definition) is 0. The number of fused-ring (bicyclic) bond motifs is 1. The van der Waals surface area contributed by atoms with Crippen molar-refractivity contribution in [2.24, 2.45) is 0 Å². The van der Waals surface area contributed by atoms with Gasteiger partial charge in [0.1, 0.15) is 30.3 Å². The molecule has 192 valence electrons. The molecule has 10 heteroatoms. The van der Waals surface area contributed by atoms with Crippen molar-refractivity contribution in [2.75, 3.05) is 51.3 Å². The van der Waals surface area contributed by atoms with Crippen LogP contribution in [-0.4, -0.2) is 78.3 Å². The standard InChI is InChI=1S/C27H29N5O5/c1-34-20-7-8-23-22(13-20)26(29-18-28-23)31-11-9-30(10-12-31)14-21-15-32(27(33)36-21)25-17-35-16-24(37-25)19-5-3-2-4-6-19/h2-3,5,7-8,13,16-18,21H,4,6,9-12,14-15H2,1H3. The van der Waals surface area contributed by atoms with E-state index in [0.29, 0.717) is 24.7 Å². The Bertz CT molecular complexity index is 1310. The number of aromatic nitrogens is 2. The molecule has 2 aromatic rings. The highest BCUT2D eigenvalue weighted by Crippen LogP contribution is 2.30. The van der Waals surface area contributed by atoms with Crippen molar-refractivity contribution in [3.8, 4) is 5.75 Å². The van der Waals surface area contributed by atoms with Gasteiger partial charge in [0.2, 0.25) is 5.88 Å². The number of benzene rings is 1. The second kappa shape index (κ2) is 10.1. The summed E-state index contributed by atoms with van der Waals surface area (Å²) >= 11 is 0. The molecule has 3 aliphatic heterocycles. The highest BCUT2D eigenvalue weighted by molar-refractivity contribution is 5.90. The summed E-state index contributed by atoms with van der Waals surface area (Å²) in [6, 6.07) is 5.84. The Morgan fingerprint density at radius 2 is 2.03 bits per heavy atom. The minimum atomic E-state index is -0.418. The van der Waals surface area contributed by atoms with E-state index in [1.54, 1.807) is 19.7 Å². The van der Waals surface area contributed by atoms with Crippen molar-refractivity contribution in [1.82, 2.24) is 19.8 Å². The monoisotopic (exact) mass is 503 g/mol. The zero-order valence-corrected chi connectivity index (χ0v) is 20.7. The lowest BCUT2D eigenvalue weighted by Crippen LogP contribution is -2.49. The van der Waals surface area contributed by atoms with E-state index in [1.165, 1.54) is 11.2 Å². The van der Waals surface area contributed by atoms with Crippen molar-refractivity contribution in [2.45, 2.75) is 18.9 Å². The zero-order chi connectivity index (χ0) is 25.2. The van der Waals surface area contributed by atoms with Gasteiger partial charge >= 0.3 is 6.09 Å². The number of carbonyl (C=O) groups excluding carboxylic acids is 1. The molecule has 1 atom stereocenters.